The van der Waals surface area contributed by atoms with Crippen LogP contribution in [-0.4, -0.2) is 0 Å². The van der Waals surface area contributed by atoms with E-state index in [4.69, 9.17) is 0 Å². The van der Waals surface area contributed by atoms with Gasteiger partial charge < -0.3 is 0 Å². The largest absolute Gasteiger partial charge is 0.0619 e. The lowest BCUT2D eigenvalue weighted by atomic mass is 9.66. The highest BCUT2D eigenvalue weighted by molar-refractivity contribution is 6.16. The predicted molar refractivity (Wildman–Crippen MR) is 187 cm³/mol. The van der Waals surface area contributed by atoms with Crippen LogP contribution >= 0.6 is 0 Å². The van der Waals surface area contributed by atoms with Crippen LogP contribution in [0, 0.1) is 0 Å². The molecule has 0 heteroatoms. The Hall–Kier alpha value is -3.64. The average Bonchev–Trinajstić information content (AvgIpc) is 3.44. The van der Waals surface area contributed by atoms with E-state index in [0.717, 1.165) is 0 Å². The molecule has 5 aromatic rings. The molecule has 0 saturated heterocycles. The molecule has 0 bridgehead atoms. The van der Waals surface area contributed by atoms with E-state index in [1.54, 1.807) is 11.1 Å². The second kappa shape index (κ2) is 7.42. The van der Waals surface area contributed by atoms with Gasteiger partial charge in [0.1, 0.15) is 0 Å². The van der Waals surface area contributed by atoms with Crippen molar-refractivity contribution in [1.29, 1.82) is 0 Å². The summed E-state index contributed by atoms with van der Waals surface area (Å²) in [6, 6.07) is 26.6. The number of rotatable bonds is 0. The summed E-state index contributed by atoms with van der Waals surface area (Å²) in [6.45, 7) is 26.9. The van der Waals surface area contributed by atoms with E-state index in [1.165, 1.54) is 83.1 Å². The Morgan fingerprint density at radius 3 is 1.68 bits per heavy atom. The molecule has 220 valence electrons. The summed E-state index contributed by atoms with van der Waals surface area (Å²) >= 11 is 0. The van der Waals surface area contributed by atoms with Crippen molar-refractivity contribution in [3.8, 4) is 33.4 Å². The second-order valence-corrected chi connectivity index (χ2v) is 17.4. The maximum atomic E-state index is 2.60. The molecule has 0 amide bonds. The van der Waals surface area contributed by atoms with Crippen LogP contribution in [0.15, 0.2) is 66.7 Å². The third-order valence-corrected chi connectivity index (χ3v) is 12.5. The van der Waals surface area contributed by atoms with Gasteiger partial charge in [-0.2, -0.15) is 0 Å². The van der Waals surface area contributed by atoms with E-state index in [2.05, 4.69) is 143 Å². The number of hydrogen-bond donors (Lipinski definition) is 0. The Kier molecular flexibility index (Phi) is 4.51. The maximum absolute atomic E-state index is 2.60. The minimum atomic E-state index is -0.114. The first-order valence-electron chi connectivity index (χ1n) is 16.6. The summed E-state index contributed by atoms with van der Waals surface area (Å²) in [4.78, 5) is 0. The van der Waals surface area contributed by atoms with Crippen molar-refractivity contribution in [3.05, 3.63) is 117 Å². The quantitative estimate of drug-likeness (QED) is 0.173. The van der Waals surface area contributed by atoms with Crippen molar-refractivity contribution in [2.45, 2.75) is 103 Å². The normalized spacial score (nSPS) is 19.5. The van der Waals surface area contributed by atoms with E-state index in [1.807, 2.05) is 0 Å². The lowest BCUT2D eigenvalue weighted by Gasteiger charge is -2.37. The molecular weight excluding hydrogens is 528 g/mol. The van der Waals surface area contributed by atoms with Gasteiger partial charge in [-0.3, -0.25) is 0 Å². The Bertz CT molecular complexity index is 2190. The van der Waals surface area contributed by atoms with E-state index in [0.29, 0.717) is 0 Å². The molecule has 4 aliphatic rings. The summed E-state index contributed by atoms with van der Waals surface area (Å²) in [5, 5.41) is 2.94. The molecule has 0 spiro atoms. The molecule has 0 heterocycles. The fraction of sp³-hybridized carbons (Fsp3) is 0.364. The Balaban J connectivity index is 1.47. The van der Waals surface area contributed by atoms with E-state index < -0.39 is 0 Å². The molecular formula is C44H44. The van der Waals surface area contributed by atoms with Crippen LogP contribution in [-0.2, 0) is 27.1 Å². The molecule has 0 unspecified atom stereocenters. The molecule has 44 heavy (non-hydrogen) atoms. The van der Waals surface area contributed by atoms with Gasteiger partial charge >= 0.3 is 0 Å². The molecule has 5 aromatic carbocycles. The van der Waals surface area contributed by atoms with Gasteiger partial charge in [0.15, 0.2) is 0 Å². The van der Waals surface area contributed by atoms with Gasteiger partial charge in [0, 0.05) is 21.7 Å². The highest BCUT2D eigenvalue weighted by atomic mass is 14.5. The van der Waals surface area contributed by atoms with Crippen molar-refractivity contribution < 1.29 is 0 Å². The van der Waals surface area contributed by atoms with Gasteiger partial charge in [0.25, 0.3) is 0 Å². The van der Waals surface area contributed by atoms with Crippen LogP contribution in [0.25, 0.3) is 44.2 Å². The van der Waals surface area contributed by atoms with Gasteiger partial charge in [0.2, 0.25) is 0 Å². The molecule has 0 N–H and O–H groups in total. The summed E-state index contributed by atoms with van der Waals surface area (Å²) in [5.41, 5.74) is 22.1. The summed E-state index contributed by atoms with van der Waals surface area (Å²) in [6.07, 6.45) is 0. The molecule has 0 saturated carbocycles. The zero-order valence-corrected chi connectivity index (χ0v) is 28.4. The van der Waals surface area contributed by atoms with Crippen LogP contribution in [0.3, 0.4) is 0 Å². The fourth-order valence-corrected chi connectivity index (χ4v) is 10.1. The van der Waals surface area contributed by atoms with Gasteiger partial charge in [-0.05, 0) is 112 Å². The van der Waals surface area contributed by atoms with Crippen molar-refractivity contribution in [1.82, 2.24) is 0 Å². The van der Waals surface area contributed by atoms with E-state index in [-0.39, 0.29) is 27.1 Å². The average molecular weight is 573 g/mol. The van der Waals surface area contributed by atoms with Crippen molar-refractivity contribution in [2.24, 2.45) is 0 Å². The predicted octanol–water partition coefficient (Wildman–Crippen LogP) is 11.7. The van der Waals surface area contributed by atoms with Gasteiger partial charge in [-0.15, -0.1) is 0 Å². The molecule has 0 radical (unpaired) electrons. The molecule has 0 nitrogen and oxygen atoms in total. The number of fused-ring (bicyclic) bond motifs is 8. The fourth-order valence-electron chi connectivity index (χ4n) is 10.1. The van der Waals surface area contributed by atoms with Crippen molar-refractivity contribution in [2.75, 3.05) is 0 Å². The minimum Gasteiger partial charge on any atom is -0.0619 e. The monoisotopic (exact) mass is 572 g/mol. The van der Waals surface area contributed by atoms with Crippen molar-refractivity contribution >= 4 is 10.8 Å². The Morgan fingerprint density at radius 2 is 0.977 bits per heavy atom. The molecule has 0 aromatic heterocycles. The maximum Gasteiger partial charge on any atom is 0.0162 e. The molecule has 0 aliphatic heterocycles. The summed E-state index contributed by atoms with van der Waals surface area (Å²) in [7, 11) is 0. The molecule has 0 fully saturated rings. The Labute approximate surface area is 263 Å². The van der Waals surface area contributed by atoms with E-state index >= 15 is 0 Å². The van der Waals surface area contributed by atoms with Crippen LogP contribution < -0.4 is 0 Å². The Morgan fingerprint density at radius 1 is 0.432 bits per heavy atom. The minimum absolute atomic E-state index is 0.0211. The molecule has 4 aliphatic carbocycles. The standard InChI is InChI=1S/C44H44/c1-40(2,3)23-19-32-36-33(20-23)44(10,11)39-37(36)35-25(16-14-18-29(35)42(32,6)7)34-27-22-30-26(21-31(27)43(8,9)38(34)39)24-15-12-13-17-28(24)41(30,4)5/h12-22H,1-11H3. The number of hydrogen-bond acceptors (Lipinski definition) is 0. The first-order chi connectivity index (χ1) is 20.5. The zero-order valence-electron chi connectivity index (χ0n) is 28.4. The second-order valence-electron chi connectivity index (χ2n) is 17.4. The van der Waals surface area contributed by atoms with Crippen LogP contribution in [0.4, 0.5) is 0 Å². The first kappa shape index (κ1) is 26.7. The third kappa shape index (κ3) is 2.76. The van der Waals surface area contributed by atoms with Gasteiger partial charge in [-0.25, -0.2) is 0 Å². The lowest BCUT2D eigenvalue weighted by Crippen LogP contribution is -2.25. The van der Waals surface area contributed by atoms with Crippen LogP contribution in [0.5, 0.6) is 0 Å². The molecule has 9 rings (SSSR count). The SMILES string of the molecule is CC(C)(C)c1cc2c3c(c1)C(C)(C)c1cccc4c5c(c(c-3c14)C2(C)C)C(C)(C)c1cc2c(cc1-5)C(C)(C)c1ccccc1-2. The number of benzene rings is 5. The van der Waals surface area contributed by atoms with Crippen LogP contribution in [0.1, 0.15) is 126 Å². The van der Waals surface area contributed by atoms with Gasteiger partial charge in [-0.1, -0.05) is 131 Å². The van der Waals surface area contributed by atoms with Gasteiger partial charge in [0.05, 0.1) is 0 Å². The first-order valence-corrected chi connectivity index (χ1v) is 16.6. The zero-order chi connectivity index (χ0) is 31.1. The highest BCUT2D eigenvalue weighted by Crippen LogP contribution is 2.67. The smallest absolute Gasteiger partial charge is 0.0162 e. The molecule has 0 atom stereocenters. The summed E-state index contributed by atoms with van der Waals surface area (Å²) < 4.78 is 0. The topological polar surface area (TPSA) is 0 Å². The lowest BCUT2D eigenvalue weighted by molar-refractivity contribution is 0.573. The van der Waals surface area contributed by atoms with Crippen LogP contribution in [0.2, 0.25) is 0 Å². The third-order valence-electron chi connectivity index (χ3n) is 12.5. The summed E-state index contributed by atoms with van der Waals surface area (Å²) in [5.74, 6) is 0. The highest BCUT2D eigenvalue weighted by Gasteiger charge is 2.52. The van der Waals surface area contributed by atoms with E-state index in [9.17, 15) is 0 Å². The van der Waals surface area contributed by atoms with Crippen molar-refractivity contribution in [3.63, 3.8) is 0 Å².